The molecule has 1 aromatic rings. The van der Waals surface area contributed by atoms with Gasteiger partial charge in [0.2, 0.25) is 5.91 Å². The van der Waals surface area contributed by atoms with Crippen LogP contribution in [-0.2, 0) is 4.79 Å². The zero-order valence-electron chi connectivity index (χ0n) is 9.60. The summed E-state index contributed by atoms with van der Waals surface area (Å²) in [7, 11) is 0. The second-order valence-corrected chi connectivity index (χ2v) is 4.92. The summed E-state index contributed by atoms with van der Waals surface area (Å²) in [6, 6.07) is 5.65. The normalized spacial score (nSPS) is 16.4. The van der Waals surface area contributed by atoms with Gasteiger partial charge in [-0.05, 0) is 53.4 Å². The van der Waals surface area contributed by atoms with Crippen molar-refractivity contribution in [2.45, 2.75) is 19.3 Å². The van der Waals surface area contributed by atoms with E-state index in [1.54, 1.807) is 12.2 Å². The minimum absolute atomic E-state index is 0.0893. The molecule has 1 amide bonds. The maximum absolute atomic E-state index is 11.9. The minimum Gasteiger partial charge on any atom is -0.339 e. The Bertz CT molecular complexity index is 425. The van der Waals surface area contributed by atoms with Gasteiger partial charge in [-0.1, -0.05) is 6.07 Å². The summed E-state index contributed by atoms with van der Waals surface area (Å²) in [6.07, 6.45) is 6.85. The molecule has 4 heteroatoms. The van der Waals surface area contributed by atoms with Crippen LogP contribution in [0.15, 0.2) is 28.9 Å². The second-order valence-electron chi connectivity index (χ2n) is 4.10. The van der Waals surface area contributed by atoms with Crippen LogP contribution in [0.5, 0.6) is 0 Å². The van der Waals surface area contributed by atoms with E-state index >= 15 is 0 Å². The van der Waals surface area contributed by atoms with Crippen LogP contribution in [0, 0.1) is 0 Å². The zero-order valence-corrected chi connectivity index (χ0v) is 11.2. The Balaban J connectivity index is 1.97. The molecule has 0 aromatic carbocycles. The van der Waals surface area contributed by atoms with Crippen LogP contribution >= 0.6 is 15.9 Å². The lowest BCUT2D eigenvalue weighted by Gasteiger charge is -2.25. The Morgan fingerprint density at radius 3 is 2.76 bits per heavy atom. The van der Waals surface area contributed by atoms with E-state index in [1.165, 1.54) is 6.42 Å². The number of pyridine rings is 1. The summed E-state index contributed by atoms with van der Waals surface area (Å²) >= 11 is 3.31. The molecule has 0 bridgehead atoms. The predicted molar refractivity (Wildman–Crippen MR) is 71.4 cm³/mol. The third kappa shape index (κ3) is 3.66. The van der Waals surface area contributed by atoms with Gasteiger partial charge in [-0.3, -0.25) is 4.79 Å². The Morgan fingerprint density at radius 2 is 2.06 bits per heavy atom. The lowest BCUT2D eigenvalue weighted by atomic mass is 10.1. The van der Waals surface area contributed by atoms with Crippen molar-refractivity contribution in [2.75, 3.05) is 13.1 Å². The number of aromatic nitrogens is 1. The average molecular weight is 295 g/mol. The van der Waals surface area contributed by atoms with E-state index < -0.39 is 0 Å². The molecule has 2 rings (SSSR count). The topological polar surface area (TPSA) is 33.2 Å². The van der Waals surface area contributed by atoms with E-state index in [0.717, 1.165) is 36.2 Å². The van der Waals surface area contributed by atoms with Gasteiger partial charge >= 0.3 is 0 Å². The van der Waals surface area contributed by atoms with Crippen molar-refractivity contribution in [2.24, 2.45) is 0 Å². The van der Waals surface area contributed by atoms with Crippen molar-refractivity contribution >= 4 is 27.9 Å². The van der Waals surface area contributed by atoms with Gasteiger partial charge in [0, 0.05) is 19.2 Å². The highest BCUT2D eigenvalue weighted by Crippen LogP contribution is 2.10. The lowest BCUT2D eigenvalue weighted by Crippen LogP contribution is -2.34. The molecule has 1 aliphatic rings. The fraction of sp³-hybridized carbons (Fsp3) is 0.385. The third-order valence-electron chi connectivity index (χ3n) is 2.80. The fourth-order valence-corrected chi connectivity index (χ4v) is 2.25. The van der Waals surface area contributed by atoms with Gasteiger partial charge in [0.25, 0.3) is 0 Å². The van der Waals surface area contributed by atoms with Crippen molar-refractivity contribution in [1.29, 1.82) is 0 Å². The van der Waals surface area contributed by atoms with Gasteiger partial charge < -0.3 is 4.90 Å². The molecular weight excluding hydrogens is 280 g/mol. The maximum Gasteiger partial charge on any atom is 0.246 e. The third-order valence-corrected chi connectivity index (χ3v) is 3.24. The van der Waals surface area contributed by atoms with E-state index in [-0.39, 0.29) is 5.91 Å². The molecular formula is C13H15BrN2O. The van der Waals surface area contributed by atoms with Crippen LogP contribution in [0.1, 0.15) is 25.0 Å². The summed E-state index contributed by atoms with van der Waals surface area (Å²) < 4.78 is 0.782. The quantitative estimate of drug-likeness (QED) is 0.621. The van der Waals surface area contributed by atoms with Gasteiger partial charge in [-0.25, -0.2) is 4.98 Å². The van der Waals surface area contributed by atoms with Crippen LogP contribution in [-0.4, -0.2) is 28.9 Å². The SMILES string of the molecule is O=C(C=Cc1cccc(Br)n1)N1CCCCC1. The summed E-state index contributed by atoms with van der Waals surface area (Å²) in [5.74, 6) is 0.0893. The number of amides is 1. The molecule has 90 valence electrons. The summed E-state index contributed by atoms with van der Waals surface area (Å²) in [5.41, 5.74) is 0.796. The van der Waals surface area contributed by atoms with E-state index in [2.05, 4.69) is 20.9 Å². The van der Waals surface area contributed by atoms with Gasteiger partial charge in [0.15, 0.2) is 0 Å². The summed E-state index contributed by atoms with van der Waals surface area (Å²) in [4.78, 5) is 18.0. The lowest BCUT2D eigenvalue weighted by molar-refractivity contribution is -0.126. The average Bonchev–Trinajstić information content (AvgIpc) is 2.37. The number of rotatable bonds is 2. The molecule has 0 N–H and O–H groups in total. The van der Waals surface area contributed by atoms with Gasteiger partial charge in [0.1, 0.15) is 4.60 Å². The van der Waals surface area contributed by atoms with E-state index in [1.807, 2.05) is 23.1 Å². The highest BCUT2D eigenvalue weighted by molar-refractivity contribution is 9.10. The molecule has 0 atom stereocenters. The number of likely N-dealkylation sites (tertiary alicyclic amines) is 1. The van der Waals surface area contributed by atoms with Crippen molar-refractivity contribution in [3.05, 3.63) is 34.6 Å². The minimum atomic E-state index is 0.0893. The van der Waals surface area contributed by atoms with Crippen LogP contribution in [0.3, 0.4) is 0 Å². The van der Waals surface area contributed by atoms with Gasteiger partial charge in [0.05, 0.1) is 5.69 Å². The molecule has 3 nitrogen and oxygen atoms in total. The Labute approximate surface area is 110 Å². The first-order valence-corrected chi connectivity index (χ1v) is 6.64. The van der Waals surface area contributed by atoms with E-state index in [9.17, 15) is 4.79 Å². The number of carbonyl (C=O) groups excluding carboxylic acids is 1. The molecule has 0 spiro atoms. The van der Waals surface area contributed by atoms with E-state index in [4.69, 9.17) is 0 Å². The first kappa shape index (κ1) is 12.3. The molecule has 0 aliphatic carbocycles. The number of nitrogens with zero attached hydrogens (tertiary/aromatic N) is 2. The van der Waals surface area contributed by atoms with Crippen molar-refractivity contribution in [1.82, 2.24) is 9.88 Å². The number of carbonyl (C=O) groups is 1. The summed E-state index contributed by atoms with van der Waals surface area (Å²) in [6.45, 7) is 1.77. The molecule has 1 fully saturated rings. The smallest absolute Gasteiger partial charge is 0.246 e. The van der Waals surface area contributed by atoms with Crippen molar-refractivity contribution in [3.8, 4) is 0 Å². The largest absolute Gasteiger partial charge is 0.339 e. The first-order valence-electron chi connectivity index (χ1n) is 5.85. The van der Waals surface area contributed by atoms with Crippen LogP contribution in [0.25, 0.3) is 6.08 Å². The molecule has 0 saturated carbocycles. The number of halogens is 1. The van der Waals surface area contributed by atoms with Crippen LogP contribution in [0.2, 0.25) is 0 Å². The first-order chi connectivity index (χ1) is 8.25. The van der Waals surface area contributed by atoms with Crippen molar-refractivity contribution in [3.63, 3.8) is 0 Å². The van der Waals surface area contributed by atoms with Gasteiger partial charge in [-0.15, -0.1) is 0 Å². The summed E-state index contributed by atoms with van der Waals surface area (Å²) in [5, 5.41) is 0. The highest BCUT2D eigenvalue weighted by atomic mass is 79.9. The second kappa shape index (κ2) is 5.96. The molecule has 1 aliphatic heterocycles. The molecule has 2 heterocycles. The number of hydrogen-bond donors (Lipinski definition) is 0. The molecule has 0 unspecified atom stereocenters. The predicted octanol–water partition coefficient (Wildman–Crippen LogP) is 2.87. The number of piperidine rings is 1. The van der Waals surface area contributed by atoms with Crippen molar-refractivity contribution < 1.29 is 4.79 Å². The molecule has 1 saturated heterocycles. The molecule has 1 aromatic heterocycles. The standard InChI is InChI=1S/C13H15BrN2O/c14-12-6-4-5-11(15-12)7-8-13(17)16-9-2-1-3-10-16/h4-8H,1-3,9-10H2. The highest BCUT2D eigenvalue weighted by Gasteiger charge is 2.13. The molecule has 0 radical (unpaired) electrons. The Kier molecular flexibility index (Phi) is 4.31. The molecule has 17 heavy (non-hydrogen) atoms. The number of hydrogen-bond acceptors (Lipinski definition) is 2. The van der Waals surface area contributed by atoms with E-state index in [0.29, 0.717) is 0 Å². The monoisotopic (exact) mass is 294 g/mol. The zero-order chi connectivity index (χ0) is 12.1. The Hall–Kier alpha value is -1.16. The Morgan fingerprint density at radius 1 is 1.29 bits per heavy atom. The van der Waals surface area contributed by atoms with Crippen LogP contribution in [0.4, 0.5) is 0 Å². The van der Waals surface area contributed by atoms with Crippen LogP contribution < -0.4 is 0 Å². The fourth-order valence-electron chi connectivity index (χ4n) is 1.89. The maximum atomic E-state index is 11.9. The van der Waals surface area contributed by atoms with Gasteiger partial charge in [-0.2, -0.15) is 0 Å².